The number of hydrogen-bond donors (Lipinski definition) is 1. The standard InChI is InChI=1S/C14H26N2O2.ClH/c1-13(2,3)18-12(17)16-9-6-14(7-10-16)5-4-8-15-11-14;/h15H,4-11H2,1-3H3;1H. The molecule has 5 heteroatoms. The molecular formula is C14H27ClN2O2. The molecule has 1 N–H and O–H groups in total. The van der Waals surface area contributed by atoms with E-state index in [2.05, 4.69) is 5.32 Å². The number of rotatable bonds is 0. The van der Waals surface area contributed by atoms with Gasteiger partial charge in [-0.05, 0) is 58.4 Å². The molecule has 0 aromatic heterocycles. The van der Waals surface area contributed by atoms with Crippen molar-refractivity contribution in [3.05, 3.63) is 0 Å². The smallest absolute Gasteiger partial charge is 0.410 e. The van der Waals surface area contributed by atoms with Crippen LogP contribution in [0.4, 0.5) is 4.79 Å². The predicted octanol–water partition coefficient (Wildman–Crippen LogP) is 2.81. The predicted molar refractivity (Wildman–Crippen MR) is 78.8 cm³/mol. The zero-order chi connectivity index (χ0) is 13.2. The van der Waals surface area contributed by atoms with Gasteiger partial charge in [-0.3, -0.25) is 0 Å². The summed E-state index contributed by atoms with van der Waals surface area (Å²) in [5.41, 5.74) is 0.0510. The molecule has 4 nitrogen and oxygen atoms in total. The van der Waals surface area contributed by atoms with Gasteiger partial charge in [-0.2, -0.15) is 0 Å². The number of carbonyl (C=O) groups excluding carboxylic acids is 1. The minimum absolute atomic E-state index is 0. The van der Waals surface area contributed by atoms with Crippen molar-refractivity contribution in [2.45, 2.75) is 52.1 Å². The number of amides is 1. The summed E-state index contributed by atoms with van der Waals surface area (Å²) >= 11 is 0. The van der Waals surface area contributed by atoms with Crippen molar-refractivity contribution in [2.24, 2.45) is 5.41 Å². The van der Waals surface area contributed by atoms with Crippen LogP contribution in [-0.4, -0.2) is 42.8 Å². The molecule has 1 spiro atoms. The molecule has 0 bridgehead atoms. The van der Waals surface area contributed by atoms with Crippen molar-refractivity contribution in [2.75, 3.05) is 26.2 Å². The first-order valence-electron chi connectivity index (χ1n) is 7.09. The molecule has 2 rings (SSSR count). The van der Waals surface area contributed by atoms with Crippen LogP contribution in [0, 0.1) is 5.41 Å². The number of halogens is 1. The van der Waals surface area contributed by atoms with Gasteiger partial charge >= 0.3 is 6.09 Å². The fraction of sp³-hybridized carbons (Fsp3) is 0.929. The van der Waals surface area contributed by atoms with Crippen LogP contribution in [0.15, 0.2) is 0 Å². The maximum atomic E-state index is 12.0. The van der Waals surface area contributed by atoms with Crippen molar-refractivity contribution in [3.8, 4) is 0 Å². The van der Waals surface area contributed by atoms with E-state index in [4.69, 9.17) is 4.74 Å². The summed E-state index contributed by atoms with van der Waals surface area (Å²) in [6, 6.07) is 0. The minimum atomic E-state index is -0.390. The summed E-state index contributed by atoms with van der Waals surface area (Å²) in [5, 5.41) is 3.49. The Balaban J connectivity index is 0.00000180. The van der Waals surface area contributed by atoms with Crippen LogP contribution in [-0.2, 0) is 4.74 Å². The maximum absolute atomic E-state index is 12.0. The Kier molecular flexibility index (Phi) is 5.51. The van der Waals surface area contributed by atoms with Gasteiger partial charge in [0.1, 0.15) is 5.60 Å². The summed E-state index contributed by atoms with van der Waals surface area (Å²) in [6.45, 7) is 9.71. The molecule has 2 aliphatic rings. The number of ether oxygens (including phenoxy) is 1. The van der Waals surface area contributed by atoms with E-state index in [0.717, 1.165) is 39.0 Å². The van der Waals surface area contributed by atoms with Gasteiger partial charge in [0.15, 0.2) is 0 Å². The lowest BCUT2D eigenvalue weighted by Crippen LogP contribution is -2.50. The Labute approximate surface area is 122 Å². The normalized spacial score (nSPS) is 22.8. The molecule has 112 valence electrons. The monoisotopic (exact) mass is 290 g/mol. The van der Waals surface area contributed by atoms with E-state index < -0.39 is 5.60 Å². The highest BCUT2D eigenvalue weighted by Crippen LogP contribution is 2.37. The Bertz CT molecular complexity index is 299. The maximum Gasteiger partial charge on any atom is 0.410 e. The summed E-state index contributed by atoms with van der Waals surface area (Å²) < 4.78 is 5.42. The lowest BCUT2D eigenvalue weighted by atomic mass is 9.73. The van der Waals surface area contributed by atoms with Crippen LogP contribution in [0.25, 0.3) is 0 Å². The largest absolute Gasteiger partial charge is 0.444 e. The van der Waals surface area contributed by atoms with Crippen LogP contribution in [0.3, 0.4) is 0 Å². The number of carbonyl (C=O) groups is 1. The Morgan fingerprint density at radius 1 is 1.21 bits per heavy atom. The zero-order valence-corrected chi connectivity index (χ0v) is 13.1. The van der Waals surface area contributed by atoms with Crippen LogP contribution in [0.2, 0.25) is 0 Å². The van der Waals surface area contributed by atoms with E-state index >= 15 is 0 Å². The molecule has 2 aliphatic heterocycles. The number of nitrogens with zero attached hydrogens (tertiary/aromatic N) is 1. The molecule has 2 fully saturated rings. The molecule has 0 aliphatic carbocycles. The lowest BCUT2D eigenvalue weighted by Gasteiger charge is -2.44. The third-order valence-corrected chi connectivity index (χ3v) is 4.04. The molecule has 0 atom stereocenters. The molecule has 0 unspecified atom stereocenters. The molecular weight excluding hydrogens is 264 g/mol. The number of piperidine rings is 2. The minimum Gasteiger partial charge on any atom is -0.444 e. The van der Waals surface area contributed by atoms with Gasteiger partial charge in [-0.15, -0.1) is 12.4 Å². The van der Waals surface area contributed by atoms with E-state index in [1.807, 2.05) is 25.7 Å². The highest BCUT2D eigenvalue weighted by molar-refractivity contribution is 5.85. The SMILES string of the molecule is CC(C)(C)OC(=O)N1CCC2(CCCNC2)CC1.Cl. The Hall–Kier alpha value is -0.480. The summed E-state index contributed by atoms with van der Waals surface area (Å²) in [7, 11) is 0. The van der Waals surface area contributed by atoms with E-state index in [1.165, 1.54) is 12.8 Å². The van der Waals surface area contributed by atoms with Crippen molar-refractivity contribution in [1.82, 2.24) is 10.2 Å². The Morgan fingerprint density at radius 2 is 1.84 bits per heavy atom. The van der Waals surface area contributed by atoms with Crippen LogP contribution in [0.5, 0.6) is 0 Å². The number of hydrogen-bond acceptors (Lipinski definition) is 3. The van der Waals surface area contributed by atoms with Crippen LogP contribution in [0.1, 0.15) is 46.5 Å². The van der Waals surface area contributed by atoms with Gasteiger partial charge in [0, 0.05) is 19.6 Å². The van der Waals surface area contributed by atoms with Crippen molar-refractivity contribution in [1.29, 1.82) is 0 Å². The lowest BCUT2D eigenvalue weighted by molar-refractivity contribution is 0.00675. The zero-order valence-electron chi connectivity index (χ0n) is 12.3. The molecule has 0 radical (unpaired) electrons. The number of likely N-dealkylation sites (tertiary alicyclic amines) is 1. The summed E-state index contributed by atoms with van der Waals surface area (Å²) in [6.07, 6.45) is 4.65. The third-order valence-electron chi connectivity index (χ3n) is 4.04. The molecule has 2 heterocycles. The second-order valence-electron chi connectivity index (χ2n) is 6.75. The third kappa shape index (κ3) is 4.53. The molecule has 0 aromatic rings. The van der Waals surface area contributed by atoms with E-state index in [0.29, 0.717) is 5.41 Å². The van der Waals surface area contributed by atoms with E-state index in [9.17, 15) is 4.79 Å². The van der Waals surface area contributed by atoms with Gasteiger partial charge in [0.25, 0.3) is 0 Å². The first-order valence-corrected chi connectivity index (χ1v) is 7.09. The van der Waals surface area contributed by atoms with Crippen LogP contribution >= 0.6 is 12.4 Å². The summed E-state index contributed by atoms with van der Waals surface area (Å²) in [5.74, 6) is 0. The second-order valence-corrected chi connectivity index (χ2v) is 6.75. The first-order chi connectivity index (χ1) is 8.40. The quantitative estimate of drug-likeness (QED) is 0.746. The molecule has 1 amide bonds. The first kappa shape index (κ1) is 16.6. The van der Waals surface area contributed by atoms with E-state index in [-0.39, 0.29) is 18.5 Å². The second kappa shape index (κ2) is 6.31. The fourth-order valence-electron chi connectivity index (χ4n) is 2.95. The molecule has 2 saturated heterocycles. The van der Waals surface area contributed by atoms with E-state index in [1.54, 1.807) is 0 Å². The Morgan fingerprint density at radius 3 is 2.32 bits per heavy atom. The topological polar surface area (TPSA) is 41.6 Å². The molecule has 0 saturated carbocycles. The van der Waals surface area contributed by atoms with Crippen molar-refractivity contribution in [3.63, 3.8) is 0 Å². The van der Waals surface area contributed by atoms with Gasteiger partial charge in [-0.1, -0.05) is 0 Å². The van der Waals surface area contributed by atoms with Crippen LogP contribution < -0.4 is 5.32 Å². The fourth-order valence-corrected chi connectivity index (χ4v) is 2.95. The van der Waals surface area contributed by atoms with Gasteiger partial charge in [-0.25, -0.2) is 4.79 Å². The number of nitrogens with one attached hydrogen (secondary N) is 1. The van der Waals surface area contributed by atoms with Gasteiger partial charge in [0.05, 0.1) is 0 Å². The molecule has 19 heavy (non-hydrogen) atoms. The van der Waals surface area contributed by atoms with Crippen molar-refractivity contribution < 1.29 is 9.53 Å². The average Bonchev–Trinajstić information content (AvgIpc) is 2.28. The average molecular weight is 291 g/mol. The molecule has 0 aromatic carbocycles. The van der Waals surface area contributed by atoms with Crippen molar-refractivity contribution >= 4 is 18.5 Å². The summed E-state index contributed by atoms with van der Waals surface area (Å²) in [4.78, 5) is 13.8. The highest BCUT2D eigenvalue weighted by Gasteiger charge is 2.37. The van der Waals surface area contributed by atoms with Gasteiger partial charge in [0.2, 0.25) is 0 Å². The van der Waals surface area contributed by atoms with Gasteiger partial charge < -0.3 is 15.0 Å². The highest BCUT2D eigenvalue weighted by atomic mass is 35.5.